The van der Waals surface area contributed by atoms with E-state index in [2.05, 4.69) is 4.40 Å². The van der Waals surface area contributed by atoms with Gasteiger partial charge >= 0.3 is 0 Å². The summed E-state index contributed by atoms with van der Waals surface area (Å²) in [5.74, 6) is 0. The molecule has 3 nitrogen and oxygen atoms in total. The summed E-state index contributed by atoms with van der Waals surface area (Å²) in [5, 5.41) is 0. The van der Waals surface area contributed by atoms with Gasteiger partial charge in [0.15, 0.2) is 0 Å². The molecular weight excluding hydrogens is 282 g/mol. The van der Waals surface area contributed by atoms with E-state index in [9.17, 15) is 8.42 Å². The number of hydrogen-bond acceptors (Lipinski definition) is 2. The highest BCUT2D eigenvalue weighted by atomic mass is 32.2. The molecule has 0 heterocycles. The molecule has 0 aliphatic rings. The number of benzene rings is 2. The number of sulfonamides is 1. The van der Waals surface area contributed by atoms with Crippen molar-refractivity contribution in [3.05, 3.63) is 71.8 Å². The summed E-state index contributed by atoms with van der Waals surface area (Å²) in [4.78, 5) is 0.209. The van der Waals surface area contributed by atoms with Crippen LogP contribution in [0.1, 0.15) is 18.1 Å². The highest BCUT2D eigenvalue weighted by Gasteiger charge is 2.11. The molecule has 0 bridgehead atoms. The van der Waals surface area contributed by atoms with Gasteiger partial charge in [0.25, 0.3) is 10.0 Å². The Bertz CT molecular complexity index is 758. The maximum absolute atomic E-state index is 12.1. The van der Waals surface area contributed by atoms with Crippen molar-refractivity contribution < 1.29 is 8.42 Å². The van der Waals surface area contributed by atoms with Crippen LogP contribution >= 0.6 is 0 Å². The number of allylic oxidation sites excluding steroid dienone is 1. The minimum atomic E-state index is -3.64. The Kier molecular flexibility index (Phi) is 4.70. The molecule has 0 aromatic heterocycles. The molecule has 21 heavy (non-hydrogen) atoms. The van der Waals surface area contributed by atoms with Gasteiger partial charge < -0.3 is 0 Å². The second-order valence-corrected chi connectivity index (χ2v) is 6.37. The summed E-state index contributed by atoms with van der Waals surface area (Å²) < 4.78 is 28.1. The normalized spacial score (nSPS) is 12.8. The fourth-order valence-electron chi connectivity index (χ4n) is 1.76. The average molecular weight is 299 g/mol. The van der Waals surface area contributed by atoms with Crippen LogP contribution in [0.5, 0.6) is 0 Å². The SMILES string of the molecule is CC(/C=C/c1ccccc1)=N/S(=O)(=O)c1ccc(C)cc1. The van der Waals surface area contributed by atoms with Gasteiger partial charge in [-0.3, -0.25) is 0 Å². The molecule has 0 radical (unpaired) electrons. The summed E-state index contributed by atoms with van der Waals surface area (Å²) in [6, 6.07) is 16.3. The fourth-order valence-corrected chi connectivity index (χ4v) is 2.79. The average Bonchev–Trinajstić information content (AvgIpc) is 2.46. The molecule has 0 atom stereocenters. The van der Waals surface area contributed by atoms with Crippen molar-refractivity contribution >= 4 is 21.8 Å². The zero-order valence-corrected chi connectivity index (χ0v) is 12.8. The fraction of sp³-hybridized carbons (Fsp3) is 0.118. The number of nitrogens with zero attached hydrogens (tertiary/aromatic N) is 1. The lowest BCUT2D eigenvalue weighted by atomic mass is 10.2. The van der Waals surface area contributed by atoms with Gasteiger partial charge in [0.05, 0.1) is 10.6 Å². The van der Waals surface area contributed by atoms with Crippen LogP contribution in [-0.2, 0) is 10.0 Å². The van der Waals surface area contributed by atoms with Crippen molar-refractivity contribution in [1.29, 1.82) is 0 Å². The number of aryl methyl sites for hydroxylation is 1. The summed E-state index contributed by atoms with van der Waals surface area (Å²) in [5.41, 5.74) is 2.46. The minimum Gasteiger partial charge on any atom is -0.199 e. The topological polar surface area (TPSA) is 46.5 Å². The quantitative estimate of drug-likeness (QED) is 0.805. The molecule has 0 N–H and O–H groups in total. The first-order valence-corrected chi connectivity index (χ1v) is 8.03. The standard InChI is InChI=1S/C17H17NO2S/c1-14-8-12-17(13-9-14)21(19,20)18-15(2)10-11-16-6-4-3-5-7-16/h3-13H,1-2H3/b11-10+,18-15-. The van der Waals surface area contributed by atoms with Crippen molar-refractivity contribution in [1.82, 2.24) is 0 Å². The Balaban J connectivity index is 2.21. The van der Waals surface area contributed by atoms with E-state index < -0.39 is 10.0 Å². The van der Waals surface area contributed by atoms with Crippen LogP contribution in [0.2, 0.25) is 0 Å². The van der Waals surface area contributed by atoms with Gasteiger partial charge in [-0.15, -0.1) is 0 Å². The van der Waals surface area contributed by atoms with Gasteiger partial charge in [-0.25, -0.2) is 0 Å². The second-order valence-electron chi connectivity index (χ2n) is 4.76. The molecule has 2 aromatic carbocycles. The molecule has 0 amide bonds. The van der Waals surface area contributed by atoms with E-state index >= 15 is 0 Å². The van der Waals surface area contributed by atoms with E-state index in [1.54, 1.807) is 37.3 Å². The lowest BCUT2D eigenvalue weighted by Crippen LogP contribution is -2.00. The van der Waals surface area contributed by atoms with Gasteiger partial charge in [-0.2, -0.15) is 12.8 Å². The van der Waals surface area contributed by atoms with Gasteiger partial charge in [0, 0.05) is 0 Å². The molecule has 0 saturated carbocycles. The smallest absolute Gasteiger partial charge is 0.199 e. The second kappa shape index (κ2) is 6.50. The summed E-state index contributed by atoms with van der Waals surface area (Å²) in [7, 11) is -3.64. The molecule has 0 aliphatic heterocycles. The highest BCUT2D eigenvalue weighted by Crippen LogP contribution is 2.13. The first-order valence-electron chi connectivity index (χ1n) is 6.59. The predicted molar refractivity (Wildman–Crippen MR) is 86.9 cm³/mol. The minimum absolute atomic E-state index is 0.209. The van der Waals surface area contributed by atoms with E-state index in [4.69, 9.17) is 0 Å². The van der Waals surface area contributed by atoms with E-state index in [0.717, 1.165) is 11.1 Å². The lowest BCUT2D eigenvalue weighted by molar-refractivity contribution is 0.598. The van der Waals surface area contributed by atoms with Gasteiger partial charge in [0.2, 0.25) is 0 Å². The van der Waals surface area contributed by atoms with E-state index in [0.29, 0.717) is 5.71 Å². The van der Waals surface area contributed by atoms with Crippen LogP contribution in [0.15, 0.2) is 70.0 Å². The molecule has 2 rings (SSSR count). The number of rotatable bonds is 4. The monoisotopic (exact) mass is 299 g/mol. The van der Waals surface area contributed by atoms with Gasteiger partial charge in [0.1, 0.15) is 0 Å². The third-order valence-electron chi connectivity index (χ3n) is 2.90. The summed E-state index contributed by atoms with van der Waals surface area (Å²) in [6.45, 7) is 3.58. The van der Waals surface area contributed by atoms with Gasteiger partial charge in [-0.1, -0.05) is 54.1 Å². The van der Waals surface area contributed by atoms with E-state index in [1.807, 2.05) is 43.3 Å². The van der Waals surface area contributed by atoms with E-state index in [-0.39, 0.29) is 4.90 Å². The van der Waals surface area contributed by atoms with Crippen LogP contribution in [-0.4, -0.2) is 14.1 Å². The maximum Gasteiger partial charge on any atom is 0.282 e. The first-order chi connectivity index (χ1) is 9.97. The Morgan fingerprint density at radius 1 is 1.00 bits per heavy atom. The summed E-state index contributed by atoms with van der Waals surface area (Å²) in [6.07, 6.45) is 3.53. The molecule has 2 aromatic rings. The van der Waals surface area contributed by atoms with Crippen molar-refractivity contribution in [3.8, 4) is 0 Å². The molecule has 0 unspecified atom stereocenters. The number of hydrogen-bond donors (Lipinski definition) is 0. The Hall–Kier alpha value is -2.20. The molecule has 0 saturated heterocycles. The Morgan fingerprint density at radius 2 is 1.62 bits per heavy atom. The molecule has 108 valence electrons. The summed E-state index contributed by atoms with van der Waals surface area (Å²) >= 11 is 0. The van der Waals surface area contributed by atoms with Crippen LogP contribution in [0, 0.1) is 6.92 Å². The third kappa shape index (κ3) is 4.39. The molecule has 4 heteroatoms. The zero-order chi connectivity index (χ0) is 15.3. The van der Waals surface area contributed by atoms with Crippen LogP contribution < -0.4 is 0 Å². The first kappa shape index (κ1) is 15.2. The van der Waals surface area contributed by atoms with E-state index in [1.165, 1.54) is 0 Å². The predicted octanol–water partition coefficient (Wildman–Crippen LogP) is 3.86. The maximum atomic E-state index is 12.1. The molecule has 0 spiro atoms. The third-order valence-corrected chi connectivity index (χ3v) is 4.30. The van der Waals surface area contributed by atoms with Crippen molar-refractivity contribution in [3.63, 3.8) is 0 Å². The van der Waals surface area contributed by atoms with Crippen LogP contribution in [0.3, 0.4) is 0 Å². The lowest BCUT2D eigenvalue weighted by Gasteiger charge is -2.00. The zero-order valence-electron chi connectivity index (χ0n) is 12.0. The Morgan fingerprint density at radius 3 is 2.24 bits per heavy atom. The van der Waals surface area contributed by atoms with Crippen LogP contribution in [0.25, 0.3) is 6.08 Å². The highest BCUT2D eigenvalue weighted by molar-refractivity contribution is 7.90. The molecule has 0 aliphatic carbocycles. The largest absolute Gasteiger partial charge is 0.282 e. The Labute approximate surface area is 125 Å². The van der Waals surface area contributed by atoms with Gasteiger partial charge in [-0.05, 0) is 37.6 Å². The molecule has 0 fully saturated rings. The van der Waals surface area contributed by atoms with Crippen molar-refractivity contribution in [2.24, 2.45) is 4.40 Å². The van der Waals surface area contributed by atoms with Crippen molar-refractivity contribution in [2.45, 2.75) is 18.7 Å². The molecular formula is C17H17NO2S. The van der Waals surface area contributed by atoms with Crippen molar-refractivity contribution in [2.75, 3.05) is 0 Å². The van der Waals surface area contributed by atoms with Crippen LogP contribution in [0.4, 0.5) is 0 Å².